The Balaban J connectivity index is 1.38. The molecular weight excluding hydrogens is 439 g/mol. The van der Waals surface area contributed by atoms with Crippen LogP contribution in [-0.2, 0) is 11.3 Å². The van der Waals surface area contributed by atoms with Gasteiger partial charge in [0.25, 0.3) is 5.91 Å². The molecule has 2 aromatic rings. The summed E-state index contributed by atoms with van der Waals surface area (Å²) >= 11 is 0. The molecule has 0 aromatic heterocycles. The van der Waals surface area contributed by atoms with Crippen molar-refractivity contribution >= 4 is 5.91 Å². The molecule has 4 rings (SSSR count). The van der Waals surface area contributed by atoms with E-state index in [1.165, 1.54) is 54.5 Å². The van der Waals surface area contributed by atoms with Crippen LogP contribution in [0.15, 0.2) is 36.4 Å². The predicted molar refractivity (Wildman–Crippen MR) is 139 cm³/mol. The lowest BCUT2D eigenvalue weighted by Gasteiger charge is -2.44. The number of hydrogen-bond acceptors (Lipinski definition) is 3. The van der Waals surface area contributed by atoms with Crippen LogP contribution in [0.5, 0.6) is 5.75 Å². The van der Waals surface area contributed by atoms with Crippen LogP contribution in [0.25, 0.3) is 0 Å². The van der Waals surface area contributed by atoms with Crippen molar-refractivity contribution in [3.8, 4) is 5.75 Å². The lowest BCUT2D eigenvalue weighted by molar-refractivity contribution is -0.139. The summed E-state index contributed by atoms with van der Waals surface area (Å²) < 4.78 is 19.4. The van der Waals surface area contributed by atoms with Gasteiger partial charge in [0.2, 0.25) is 0 Å². The highest BCUT2D eigenvalue weighted by Gasteiger charge is 2.32. The molecule has 1 saturated carbocycles. The summed E-state index contributed by atoms with van der Waals surface area (Å²) in [6.07, 6.45) is 5.15. The van der Waals surface area contributed by atoms with Gasteiger partial charge in [0, 0.05) is 31.7 Å². The van der Waals surface area contributed by atoms with E-state index in [9.17, 15) is 9.18 Å². The van der Waals surface area contributed by atoms with Crippen molar-refractivity contribution in [2.75, 3.05) is 19.7 Å². The standard InChI is InChI=1S/C30H41FN2O2/c1-20-8-6-7-9-27(20)30-21(2)10-15-28(24(30)5)35-19-29(34)33-17-22(3)32(16-23(33)4)18-25-11-13-26(31)14-12-25/h10-15,20,22-23,27H,6-9,16-19H2,1-5H3. The summed E-state index contributed by atoms with van der Waals surface area (Å²) in [4.78, 5) is 17.5. The summed E-state index contributed by atoms with van der Waals surface area (Å²) in [5.74, 6) is 1.94. The normalized spacial score (nSPS) is 25.5. The molecule has 4 nitrogen and oxygen atoms in total. The van der Waals surface area contributed by atoms with Crippen LogP contribution >= 0.6 is 0 Å². The van der Waals surface area contributed by atoms with Crippen LogP contribution in [0, 0.1) is 25.6 Å². The number of hydrogen-bond donors (Lipinski definition) is 0. The monoisotopic (exact) mass is 480 g/mol. The first-order valence-corrected chi connectivity index (χ1v) is 13.3. The second-order valence-electron chi connectivity index (χ2n) is 10.9. The minimum Gasteiger partial charge on any atom is -0.483 e. The van der Waals surface area contributed by atoms with Crippen molar-refractivity contribution in [1.29, 1.82) is 0 Å². The highest BCUT2D eigenvalue weighted by atomic mass is 19.1. The zero-order chi connectivity index (χ0) is 25.1. The van der Waals surface area contributed by atoms with Crippen LogP contribution in [0.3, 0.4) is 0 Å². The number of carbonyl (C=O) groups excluding carboxylic acids is 1. The average molecular weight is 481 g/mol. The Bertz CT molecular complexity index is 1020. The third kappa shape index (κ3) is 5.88. The zero-order valence-corrected chi connectivity index (χ0v) is 22.0. The van der Waals surface area contributed by atoms with Crippen molar-refractivity contribution in [3.63, 3.8) is 0 Å². The largest absolute Gasteiger partial charge is 0.483 e. The summed E-state index contributed by atoms with van der Waals surface area (Å²) in [7, 11) is 0. The zero-order valence-electron chi connectivity index (χ0n) is 22.0. The Labute approximate surface area is 210 Å². The van der Waals surface area contributed by atoms with Gasteiger partial charge in [-0.1, -0.05) is 44.4 Å². The predicted octanol–water partition coefficient (Wildman–Crippen LogP) is 6.24. The maximum Gasteiger partial charge on any atom is 0.260 e. The number of benzene rings is 2. The van der Waals surface area contributed by atoms with E-state index in [-0.39, 0.29) is 30.4 Å². The molecule has 35 heavy (non-hydrogen) atoms. The van der Waals surface area contributed by atoms with E-state index >= 15 is 0 Å². The van der Waals surface area contributed by atoms with E-state index in [0.29, 0.717) is 18.4 Å². The Kier molecular flexibility index (Phi) is 8.16. The Morgan fingerprint density at radius 3 is 2.40 bits per heavy atom. The van der Waals surface area contributed by atoms with E-state index in [2.05, 4.69) is 45.6 Å². The van der Waals surface area contributed by atoms with Crippen LogP contribution in [0.2, 0.25) is 0 Å². The molecule has 2 aromatic carbocycles. The molecule has 4 unspecified atom stereocenters. The van der Waals surface area contributed by atoms with E-state index in [1.54, 1.807) is 0 Å². The SMILES string of the molecule is Cc1ccc(OCC(=O)N2CC(C)N(Cc3ccc(F)cc3)CC2C)c(C)c1C1CCCCC1C. The average Bonchev–Trinajstić information content (AvgIpc) is 2.83. The fourth-order valence-corrected chi connectivity index (χ4v) is 6.13. The Hall–Kier alpha value is -2.40. The van der Waals surface area contributed by atoms with Gasteiger partial charge >= 0.3 is 0 Å². The molecule has 1 aliphatic carbocycles. The van der Waals surface area contributed by atoms with E-state index in [4.69, 9.17) is 4.74 Å². The summed E-state index contributed by atoms with van der Waals surface area (Å²) in [6, 6.07) is 11.2. The van der Waals surface area contributed by atoms with Gasteiger partial charge in [0.15, 0.2) is 6.61 Å². The number of aryl methyl sites for hydroxylation is 1. The van der Waals surface area contributed by atoms with Crippen LogP contribution < -0.4 is 4.74 Å². The first-order chi connectivity index (χ1) is 16.7. The number of nitrogens with zero attached hydrogens (tertiary/aromatic N) is 2. The van der Waals surface area contributed by atoms with Crippen molar-refractivity contribution in [2.24, 2.45) is 5.92 Å². The van der Waals surface area contributed by atoms with Gasteiger partial charge in [-0.3, -0.25) is 9.69 Å². The van der Waals surface area contributed by atoms with Gasteiger partial charge in [-0.25, -0.2) is 4.39 Å². The molecule has 2 fully saturated rings. The van der Waals surface area contributed by atoms with Crippen molar-refractivity contribution in [2.45, 2.75) is 84.8 Å². The summed E-state index contributed by atoms with van der Waals surface area (Å²) in [5.41, 5.74) is 5.05. The quantitative estimate of drug-likeness (QED) is 0.491. The maximum atomic E-state index is 13.2. The number of carbonyl (C=O) groups is 1. The van der Waals surface area contributed by atoms with Crippen molar-refractivity contribution < 1.29 is 13.9 Å². The number of amides is 1. The smallest absolute Gasteiger partial charge is 0.260 e. The molecule has 1 amide bonds. The summed E-state index contributed by atoms with van der Waals surface area (Å²) in [6.45, 7) is 13.3. The van der Waals surface area contributed by atoms with E-state index in [1.807, 2.05) is 23.1 Å². The molecule has 4 atom stereocenters. The van der Waals surface area contributed by atoms with Crippen molar-refractivity contribution in [3.05, 3.63) is 64.5 Å². The fraction of sp³-hybridized carbons (Fsp3) is 0.567. The minimum atomic E-state index is -0.213. The molecule has 1 aliphatic heterocycles. The summed E-state index contributed by atoms with van der Waals surface area (Å²) in [5, 5.41) is 0. The van der Waals surface area contributed by atoms with E-state index in [0.717, 1.165) is 24.4 Å². The molecule has 0 N–H and O–H groups in total. The van der Waals surface area contributed by atoms with Gasteiger partial charge in [0.1, 0.15) is 11.6 Å². The maximum absolute atomic E-state index is 13.2. The molecule has 0 spiro atoms. The number of halogens is 1. The van der Waals surface area contributed by atoms with Gasteiger partial charge < -0.3 is 9.64 Å². The second-order valence-corrected chi connectivity index (χ2v) is 10.9. The van der Waals surface area contributed by atoms with E-state index < -0.39 is 0 Å². The second kappa shape index (κ2) is 11.1. The first kappa shape index (κ1) is 25.7. The number of rotatable bonds is 6. The topological polar surface area (TPSA) is 32.8 Å². The molecule has 5 heteroatoms. The molecule has 2 aliphatic rings. The molecule has 0 radical (unpaired) electrons. The molecular formula is C30H41FN2O2. The van der Waals surface area contributed by atoms with Gasteiger partial charge in [0.05, 0.1) is 0 Å². The Morgan fingerprint density at radius 1 is 0.971 bits per heavy atom. The highest BCUT2D eigenvalue weighted by molar-refractivity contribution is 5.78. The van der Waals surface area contributed by atoms with Crippen LogP contribution in [0.4, 0.5) is 4.39 Å². The van der Waals surface area contributed by atoms with Gasteiger partial charge in [-0.15, -0.1) is 0 Å². The number of piperazine rings is 1. The van der Waals surface area contributed by atoms with Gasteiger partial charge in [-0.2, -0.15) is 0 Å². The van der Waals surface area contributed by atoms with Gasteiger partial charge in [-0.05, 0) is 86.4 Å². The van der Waals surface area contributed by atoms with Crippen LogP contribution in [-0.4, -0.2) is 47.5 Å². The molecule has 0 bridgehead atoms. The lowest BCUT2D eigenvalue weighted by atomic mass is 9.74. The minimum absolute atomic E-state index is 0.0401. The highest BCUT2D eigenvalue weighted by Crippen LogP contribution is 2.42. The Morgan fingerprint density at radius 2 is 1.69 bits per heavy atom. The third-order valence-corrected chi connectivity index (χ3v) is 8.25. The molecule has 1 heterocycles. The van der Waals surface area contributed by atoms with Crippen molar-refractivity contribution in [1.82, 2.24) is 9.80 Å². The number of ether oxygens (including phenoxy) is 1. The lowest BCUT2D eigenvalue weighted by Crippen LogP contribution is -2.58. The third-order valence-electron chi connectivity index (χ3n) is 8.25. The molecule has 190 valence electrons. The van der Waals surface area contributed by atoms with Crippen LogP contribution in [0.1, 0.15) is 74.6 Å². The molecule has 1 saturated heterocycles. The fourth-order valence-electron chi connectivity index (χ4n) is 6.13. The first-order valence-electron chi connectivity index (χ1n) is 13.3.